The van der Waals surface area contributed by atoms with Crippen LogP contribution in [0.4, 0.5) is 10.5 Å². The van der Waals surface area contributed by atoms with Crippen molar-refractivity contribution in [1.82, 2.24) is 30.8 Å². The van der Waals surface area contributed by atoms with Gasteiger partial charge in [0.1, 0.15) is 0 Å². The molecule has 0 bridgehead atoms. The van der Waals surface area contributed by atoms with Crippen LogP contribution in [0.1, 0.15) is 39.6 Å². The van der Waals surface area contributed by atoms with Crippen LogP contribution >= 0.6 is 35.3 Å². The Bertz CT molecular complexity index is 1110. The molecule has 1 saturated carbocycles. The lowest BCUT2D eigenvalue weighted by Crippen LogP contribution is -2.57. The van der Waals surface area contributed by atoms with Crippen molar-refractivity contribution in [1.29, 1.82) is 0 Å². The van der Waals surface area contributed by atoms with Crippen LogP contribution in [0.15, 0.2) is 24.3 Å². The molecule has 1 aliphatic heterocycles. The van der Waals surface area contributed by atoms with Crippen LogP contribution in [0.5, 0.6) is 0 Å². The van der Waals surface area contributed by atoms with Crippen molar-refractivity contribution in [2.75, 3.05) is 33.1 Å². The number of carbonyl (C=O) groups excluding carboxylic acids is 3. The first kappa shape index (κ1) is 29.0. The summed E-state index contributed by atoms with van der Waals surface area (Å²) in [6.45, 7) is 1.70. The van der Waals surface area contributed by atoms with Crippen molar-refractivity contribution >= 4 is 58.9 Å². The standard InChI is InChI=1S/C24H32ClN7O3S.ClH/c1-31(2)23(34)14-4-9-17(28-24(35)30-29-16-7-5-15(25)6-8-16)19(12-14)26-21(33)22-27-18-10-11-32(3)13-20(18)36-22;/h5-8,14,17,19,29H,4,9-13H2,1-3H3,(H,26,33)(H2,28,30,35);1H. The highest BCUT2D eigenvalue weighted by Gasteiger charge is 2.37. The minimum Gasteiger partial charge on any atom is -0.349 e. The molecule has 4 rings (SSSR count). The van der Waals surface area contributed by atoms with E-state index in [1.54, 1.807) is 43.3 Å². The van der Waals surface area contributed by atoms with E-state index in [1.807, 2.05) is 0 Å². The predicted molar refractivity (Wildman–Crippen MR) is 147 cm³/mol. The van der Waals surface area contributed by atoms with Crippen molar-refractivity contribution in [3.05, 3.63) is 44.9 Å². The average Bonchev–Trinajstić information content (AvgIpc) is 3.27. The normalized spacial score (nSPS) is 21.1. The number of nitrogens with zero attached hydrogens (tertiary/aromatic N) is 3. The number of aromatic nitrogens is 1. The molecule has 4 amide bonds. The Hall–Kier alpha value is -2.60. The number of halogens is 2. The van der Waals surface area contributed by atoms with Crippen LogP contribution in [0.3, 0.4) is 0 Å². The third-order valence-electron chi connectivity index (χ3n) is 6.55. The first-order valence-electron chi connectivity index (χ1n) is 12.0. The average molecular weight is 571 g/mol. The Morgan fingerprint density at radius 2 is 1.84 bits per heavy atom. The van der Waals surface area contributed by atoms with Gasteiger partial charge in [0, 0.05) is 49.4 Å². The molecule has 202 valence electrons. The molecule has 0 radical (unpaired) electrons. The Morgan fingerprint density at radius 3 is 2.54 bits per heavy atom. The number of benzene rings is 1. The summed E-state index contributed by atoms with van der Waals surface area (Å²) in [4.78, 5) is 47.9. The maximum atomic E-state index is 13.2. The Labute approximate surface area is 231 Å². The molecule has 37 heavy (non-hydrogen) atoms. The van der Waals surface area contributed by atoms with Gasteiger partial charge in [0.2, 0.25) is 5.91 Å². The van der Waals surface area contributed by atoms with Gasteiger partial charge < -0.3 is 20.4 Å². The number of urea groups is 1. The second-order valence-electron chi connectivity index (χ2n) is 9.54. The minimum absolute atomic E-state index is 0. The van der Waals surface area contributed by atoms with Crippen LogP contribution < -0.4 is 21.5 Å². The lowest BCUT2D eigenvalue weighted by Gasteiger charge is -2.37. The molecule has 3 atom stereocenters. The lowest BCUT2D eigenvalue weighted by atomic mass is 9.81. The van der Waals surface area contributed by atoms with Gasteiger partial charge in [-0.1, -0.05) is 11.6 Å². The Morgan fingerprint density at radius 1 is 1.11 bits per heavy atom. The van der Waals surface area contributed by atoms with E-state index < -0.39 is 12.1 Å². The van der Waals surface area contributed by atoms with Gasteiger partial charge in [-0.25, -0.2) is 9.78 Å². The zero-order valence-electron chi connectivity index (χ0n) is 21.0. The number of carbonyl (C=O) groups is 3. The van der Waals surface area contributed by atoms with Crippen LogP contribution in [0.2, 0.25) is 5.02 Å². The minimum atomic E-state index is -0.431. The summed E-state index contributed by atoms with van der Waals surface area (Å²) in [5.74, 6) is -0.474. The number of rotatable bonds is 6. The highest BCUT2D eigenvalue weighted by Crippen LogP contribution is 2.28. The summed E-state index contributed by atoms with van der Waals surface area (Å²) in [5, 5.41) is 7.03. The molecule has 2 aliphatic rings. The van der Waals surface area contributed by atoms with E-state index in [-0.39, 0.29) is 36.2 Å². The Kier molecular flexibility index (Phi) is 10.00. The number of anilines is 1. The monoisotopic (exact) mass is 569 g/mol. The predicted octanol–water partition coefficient (Wildman–Crippen LogP) is 2.89. The molecule has 1 aromatic heterocycles. The first-order valence-corrected chi connectivity index (χ1v) is 13.2. The van der Waals surface area contributed by atoms with Gasteiger partial charge >= 0.3 is 6.03 Å². The smallest absolute Gasteiger partial charge is 0.333 e. The number of nitrogens with one attached hydrogen (secondary N) is 4. The number of thiazole rings is 1. The van der Waals surface area contributed by atoms with Crippen LogP contribution in [-0.2, 0) is 17.8 Å². The van der Waals surface area contributed by atoms with E-state index in [1.165, 1.54) is 11.3 Å². The van der Waals surface area contributed by atoms with Gasteiger partial charge in [-0.15, -0.1) is 23.7 Å². The van der Waals surface area contributed by atoms with E-state index in [4.69, 9.17) is 11.6 Å². The highest BCUT2D eigenvalue weighted by molar-refractivity contribution is 7.13. The van der Waals surface area contributed by atoms with Crippen LogP contribution in [0.25, 0.3) is 0 Å². The zero-order valence-corrected chi connectivity index (χ0v) is 23.4. The van der Waals surface area contributed by atoms with E-state index >= 15 is 0 Å². The van der Waals surface area contributed by atoms with Crippen molar-refractivity contribution < 1.29 is 14.4 Å². The summed E-state index contributed by atoms with van der Waals surface area (Å²) in [6, 6.07) is 5.74. The summed E-state index contributed by atoms with van der Waals surface area (Å²) >= 11 is 7.31. The fraction of sp³-hybridized carbons (Fsp3) is 0.500. The molecular formula is C24H33Cl2N7O3S. The molecule has 1 aromatic carbocycles. The number of amides is 4. The second-order valence-corrected chi connectivity index (χ2v) is 11.1. The maximum Gasteiger partial charge on any atom is 0.333 e. The molecule has 10 nitrogen and oxygen atoms in total. The van der Waals surface area contributed by atoms with E-state index in [0.717, 1.165) is 30.1 Å². The van der Waals surface area contributed by atoms with Crippen molar-refractivity contribution in [3.63, 3.8) is 0 Å². The molecule has 1 aliphatic carbocycles. The number of fused-ring (bicyclic) bond motifs is 1. The fourth-order valence-electron chi connectivity index (χ4n) is 4.61. The van der Waals surface area contributed by atoms with Crippen molar-refractivity contribution in [3.8, 4) is 0 Å². The van der Waals surface area contributed by atoms with Crippen LogP contribution in [0, 0.1) is 5.92 Å². The molecule has 4 N–H and O–H groups in total. The molecule has 2 heterocycles. The summed E-state index contributed by atoms with van der Waals surface area (Å²) in [5.41, 5.74) is 7.11. The van der Waals surface area contributed by atoms with Gasteiger partial charge in [0.25, 0.3) is 5.91 Å². The molecule has 1 fully saturated rings. The topological polar surface area (TPSA) is 119 Å². The number of hydrogen-bond donors (Lipinski definition) is 4. The number of hydrogen-bond acceptors (Lipinski definition) is 7. The highest BCUT2D eigenvalue weighted by atomic mass is 35.5. The van der Waals surface area contributed by atoms with Crippen LogP contribution in [-0.4, -0.2) is 72.4 Å². The Balaban J connectivity index is 0.00000380. The molecule has 2 aromatic rings. The molecule has 3 unspecified atom stereocenters. The number of likely N-dealkylation sites (N-methyl/N-ethyl adjacent to an activating group) is 1. The quantitative estimate of drug-likeness (QED) is 0.397. The molecular weight excluding hydrogens is 537 g/mol. The first-order chi connectivity index (χ1) is 17.2. The maximum absolute atomic E-state index is 13.2. The van der Waals surface area contributed by atoms with Gasteiger partial charge in [0.05, 0.1) is 23.5 Å². The molecule has 0 saturated heterocycles. The van der Waals surface area contributed by atoms with Gasteiger partial charge in [0.15, 0.2) is 5.01 Å². The summed E-state index contributed by atoms with van der Waals surface area (Å²) in [6.07, 6.45) is 2.44. The van der Waals surface area contributed by atoms with Crippen molar-refractivity contribution in [2.24, 2.45) is 5.92 Å². The van der Waals surface area contributed by atoms with Gasteiger partial charge in [-0.05, 0) is 50.6 Å². The third-order valence-corrected chi connectivity index (χ3v) is 7.89. The fourth-order valence-corrected chi connectivity index (χ4v) is 5.83. The second kappa shape index (κ2) is 12.8. The summed E-state index contributed by atoms with van der Waals surface area (Å²) < 4.78 is 0. The molecule has 0 spiro atoms. The van der Waals surface area contributed by atoms with E-state index in [9.17, 15) is 14.4 Å². The molecule has 13 heteroatoms. The van der Waals surface area contributed by atoms with Gasteiger partial charge in [-0.3, -0.25) is 20.4 Å². The van der Waals surface area contributed by atoms with E-state index in [2.05, 4.69) is 38.4 Å². The zero-order chi connectivity index (χ0) is 25.8. The van der Waals surface area contributed by atoms with Crippen molar-refractivity contribution in [2.45, 2.75) is 44.3 Å². The third kappa shape index (κ3) is 7.47. The van der Waals surface area contributed by atoms with E-state index in [0.29, 0.717) is 35.0 Å². The largest absolute Gasteiger partial charge is 0.349 e. The summed E-state index contributed by atoms with van der Waals surface area (Å²) in [7, 11) is 5.51. The lowest BCUT2D eigenvalue weighted by molar-refractivity contribution is -0.134. The van der Waals surface area contributed by atoms with Gasteiger partial charge in [-0.2, -0.15) is 0 Å². The number of hydrazine groups is 1. The SMILES string of the molecule is CN1CCc2nc(C(=O)NC3CC(C(=O)N(C)C)CCC3NC(=O)NNc3ccc(Cl)cc3)sc2C1.Cl.